The second kappa shape index (κ2) is 24.2. The number of aryl methyl sites for hydroxylation is 1. The second-order valence-electron chi connectivity index (χ2n) is 16.6. The highest BCUT2D eigenvalue weighted by atomic mass is 16.5. The van der Waals surface area contributed by atoms with Gasteiger partial charge in [-0.2, -0.15) is 5.26 Å². The fourth-order valence-electron chi connectivity index (χ4n) is 8.28. The summed E-state index contributed by atoms with van der Waals surface area (Å²) in [6.07, 6.45) is 9.04. The highest BCUT2D eigenvalue weighted by Crippen LogP contribution is 2.41. The Hall–Kier alpha value is -5.95. The summed E-state index contributed by atoms with van der Waals surface area (Å²) >= 11 is 0. The van der Waals surface area contributed by atoms with E-state index in [0.717, 1.165) is 24.8 Å². The fourth-order valence-corrected chi connectivity index (χ4v) is 8.28. The van der Waals surface area contributed by atoms with E-state index in [1.54, 1.807) is 43.3 Å². The fraction of sp³-hybridized carbons (Fsp3) is 0.490. The number of ether oxygens (including phenoxy) is 2. The Kier molecular flexibility index (Phi) is 18.6. The molecule has 1 aliphatic rings. The molecule has 4 bridgehead atoms. The van der Waals surface area contributed by atoms with Crippen molar-refractivity contribution in [2.75, 3.05) is 39.9 Å². The first-order chi connectivity index (χ1) is 30.9. The number of unbranched alkanes of at least 4 members (excludes halogenated alkanes) is 5. The summed E-state index contributed by atoms with van der Waals surface area (Å²) < 4.78 is 13.5. The molecule has 5 rings (SSSR count). The van der Waals surface area contributed by atoms with Crippen LogP contribution in [-0.4, -0.2) is 83.8 Å². The first-order valence-electron chi connectivity index (χ1n) is 22.6. The quantitative estimate of drug-likeness (QED) is 0.0787. The van der Waals surface area contributed by atoms with E-state index in [1.807, 2.05) is 24.3 Å². The van der Waals surface area contributed by atoms with Crippen molar-refractivity contribution >= 4 is 34.3 Å². The molecule has 0 saturated carbocycles. The van der Waals surface area contributed by atoms with E-state index in [2.05, 4.69) is 17.2 Å². The van der Waals surface area contributed by atoms with Crippen LogP contribution in [0.25, 0.3) is 22.0 Å². The van der Waals surface area contributed by atoms with E-state index < -0.39 is 47.2 Å². The molecule has 1 aromatic heterocycles. The maximum absolute atomic E-state index is 14.9. The van der Waals surface area contributed by atoms with Gasteiger partial charge in [0.15, 0.2) is 11.6 Å². The molecule has 1 aliphatic heterocycles. The molecule has 342 valence electrons. The maximum atomic E-state index is 14.9. The van der Waals surface area contributed by atoms with Gasteiger partial charge in [-0.05, 0) is 85.3 Å². The van der Waals surface area contributed by atoms with Gasteiger partial charge in [0, 0.05) is 56.4 Å². The van der Waals surface area contributed by atoms with E-state index in [4.69, 9.17) is 26.7 Å². The molecule has 0 fully saturated rings. The lowest BCUT2D eigenvalue weighted by Gasteiger charge is -2.32. The van der Waals surface area contributed by atoms with Crippen LogP contribution in [0, 0.1) is 17.2 Å². The van der Waals surface area contributed by atoms with Gasteiger partial charge in [-0.25, -0.2) is 4.98 Å². The van der Waals surface area contributed by atoms with Gasteiger partial charge >= 0.3 is 0 Å². The topological polar surface area (TPSA) is 239 Å². The SMILES string of the molecule is CCCCCCCCc1ccc2c(=O)n([C@@H](CCN)C(=O)N(C)[C@@H]3C(=O)C[C@@H](C)C(=O)N[C@H](C(=O)CCC#N)Cc4ccc(OCCN)c(c4)-c4cc3ccc4OCCN)cnc2c1. The number of likely N-dealkylation sites (N-methyl/N-ethyl adjacent to an activating group) is 1. The number of ketones is 2. The third-order valence-electron chi connectivity index (χ3n) is 11.8. The van der Waals surface area contributed by atoms with Crippen LogP contribution in [0.5, 0.6) is 11.5 Å². The molecule has 4 atom stereocenters. The number of fused-ring (bicyclic) bond motifs is 6. The number of rotatable bonds is 21. The molecule has 64 heavy (non-hydrogen) atoms. The highest BCUT2D eigenvalue weighted by molar-refractivity contribution is 5.96. The van der Waals surface area contributed by atoms with Crippen molar-refractivity contribution in [3.63, 3.8) is 0 Å². The monoisotopic (exact) mass is 876 g/mol. The number of nitriles is 1. The lowest BCUT2D eigenvalue weighted by molar-refractivity contribution is -0.142. The molecule has 15 nitrogen and oxygen atoms in total. The van der Waals surface area contributed by atoms with Crippen molar-refractivity contribution in [2.24, 2.45) is 23.1 Å². The zero-order valence-electron chi connectivity index (χ0n) is 37.5. The van der Waals surface area contributed by atoms with Gasteiger partial charge in [-0.15, -0.1) is 0 Å². The summed E-state index contributed by atoms with van der Waals surface area (Å²) in [5.41, 5.74) is 21.2. The van der Waals surface area contributed by atoms with E-state index in [1.165, 1.54) is 48.5 Å². The molecule has 4 aromatic rings. The minimum atomic E-state index is -1.26. The Morgan fingerprint density at radius 2 is 1.59 bits per heavy atom. The Morgan fingerprint density at radius 1 is 0.906 bits per heavy atom. The average molecular weight is 877 g/mol. The van der Waals surface area contributed by atoms with Crippen LogP contribution in [0.2, 0.25) is 0 Å². The molecule has 2 heterocycles. The molecular weight excluding hydrogens is 813 g/mol. The van der Waals surface area contributed by atoms with Crippen LogP contribution in [0.15, 0.2) is 65.7 Å². The number of amides is 2. The molecule has 0 spiro atoms. The molecule has 2 amide bonds. The number of nitrogens with two attached hydrogens (primary N) is 3. The zero-order valence-corrected chi connectivity index (χ0v) is 37.5. The van der Waals surface area contributed by atoms with Gasteiger partial charge in [0.1, 0.15) is 36.8 Å². The van der Waals surface area contributed by atoms with E-state index in [9.17, 15) is 29.2 Å². The van der Waals surface area contributed by atoms with Crippen molar-refractivity contribution < 1.29 is 28.7 Å². The number of carbonyl (C=O) groups is 4. The Bertz CT molecular complexity index is 2360. The van der Waals surface area contributed by atoms with Crippen LogP contribution in [-0.2, 0) is 32.0 Å². The maximum Gasteiger partial charge on any atom is 0.261 e. The number of nitrogens with zero attached hydrogens (tertiary/aromatic N) is 4. The standard InChI is InChI=1S/C49H64N8O7/c1-4-5-6-7-8-9-11-33-13-16-36-39(28-33)54-31-57(48(36)61)41(19-21-51)49(62)56(3)46-35-15-18-45(64-25-23-53)38(30-35)37-27-34(14-17-44(37)63-24-22-52)29-40(42(58)12-10-20-50)55-47(60)32(2)26-43(46)59/h13-18,27-28,30-32,40-41,46H,4-12,19,21-26,29,51-53H2,1-3H3,(H,55,60)/t32-,40+,41+,46+/m1/s1. The number of hydrogen-bond acceptors (Lipinski definition) is 12. The normalized spacial score (nSPS) is 16.9. The summed E-state index contributed by atoms with van der Waals surface area (Å²) in [6, 6.07) is 14.7. The molecule has 3 aromatic carbocycles. The Balaban J connectivity index is 1.59. The average Bonchev–Trinajstić information content (AvgIpc) is 3.29. The number of aromatic nitrogens is 2. The minimum Gasteiger partial charge on any atom is -0.492 e. The van der Waals surface area contributed by atoms with E-state index >= 15 is 0 Å². The molecule has 15 heteroatoms. The second-order valence-corrected chi connectivity index (χ2v) is 16.6. The summed E-state index contributed by atoms with van der Waals surface area (Å²) in [7, 11) is 1.50. The molecule has 0 radical (unpaired) electrons. The van der Waals surface area contributed by atoms with Crippen molar-refractivity contribution in [3.8, 4) is 28.7 Å². The van der Waals surface area contributed by atoms with Gasteiger partial charge in [0.25, 0.3) is 5.56 Å². The minimum absolute atomic E-state index is 0.0280. The van der Waals surface area contributed by atoms with Crippen molar-refractivity contribution in [1.82, 2.24) is 19.8 Å². The number of hydrogen-bond donors (Lipinski definition) is 4. The number of benzene rings is 3. The van der Waals surface area contributed by atoms with Crippen molar-refractivity contribution in [2.45, 2.75) is 109 Å². The largest absolute Gasteiger partial charge is 0.492 e. The molecule has 0 saturated heterocycles. The van der Waals surface area contributed by atoms with Crippen LogP contribution in [0.1, 0.15) is 107 Å². The van der Waals surface area contributed by atoms with E-state index in [-0.39, 0.29) is 70.7 Å². The van der Waals surface area contributed by atoms with Gasteiger partial charge in [0.2, 0.25) is 11.8 Å². The van der Waals surface area contributed by atoms with Gasteiger partial charge in [0.05, 0.1) is 29.3 Å². The Labute approximate surface area is 375 Å². The van der Waals surface area contributed by atoms with Gasteiger partial charge in [-0.1, -0.05) is 64.2 Å². The number of Topliss-reactive ketones (excluding diaryl/α,β-unsaturated/α-hetero) is 2. The molecule has 0 unspecified atom stereocenters. The van der Waals surface area contributed by atoms with Crippen LogP contribution < -0.4 is 37.6 Å². The predicted octanol–water partition coefficient (Wildman–Crippen LogP) is 5.24. The summed E-state index contributed by atoms with van der Waals surface area (Å²) in [5, 5.41) is 12.4. The number of nitrogens with one attached hydrogen (secondary N) is 1. The van der Waals surface area contributed by atoms with Crippen LogP contribution in [0.4, 0.5) is 0 Å². The highest BCUT2D eigenvalue weighted by Gasteiger charge is 2.36. The lowest BCUT2D eigenvalue weighted by Crippen LogP contribution is -2.46. The molecule has 7 N–H and O–H groups in total. The summed E-state index contributed by atoms with van der Waals surface area (Å²) in [6.45, 7) is 4.62. The van der Waals surface area contributed by atoms with Gasteiger partial charge in [-0.3, -0.25) is 28.5 Å². The summed E-state index contributed by atoms with van der Waals surface area (Å²) in [5.74, 6) is -1.95. The van der Waals surface area contributed by atoms with Crippen molar-refractivity contribution in [3.05, 3.63) is 88.0 Å². The van der Waals surface area contributed by atoms with Gasteiger partial charge < -0.3 is 36.9 Å². The first-order valence-corrected chi connectivity index (χ1v) is 22.6. The van der Waals surface area contributed by atoms with Crippen LogP contribution in [0.3, 0.4) is 0 Å². The predicted molar refractivity (Wildman–Crippen MR) is 247 cm³/mol. The third-order valence-corrected chi connectivity index (χ3v) is 11.8. The molecular formula is C49H64N8O7. The first kappa shape index (κ1) is 49.1. The van der Waals surface area contributed by atoms with E-state index in [0.29, 0.717) is 44.7 Å². The van der Waals surface area contributed by atoms with Crippen LogP contribution >= 0.6 is 0 Å². The third kappa shape index (κ3) is 12.4. The Morgan fingerprint density at radius 3 is 2.28 bits per heavy atom. The smallest absolute Gasteiger partial charge is 0.261 e. The molecule has 0 aliphatic carbocycles. The number of carbonyl (C=O) groups excluding carboxylic acids is 4. The lowest BCUT2D eigenvalue weighted by atomic mass is 9.89. The zero-order chi connectivity index (χ0) is 46.2. The summed E-state index contributed by atoms with van der Waals surface area (Å²) in [4.78, 5) is 77.1. The van der Waals surface area contributed by atoms with Crippen molar-refractivity contribution in [1.29, 1.82) is 5.26 Å².